The summed E-state index contributed by atoms with van der Waals surface area (Å²) in [6.07, 6.45) is 5.46. The van der Waals surface area contributed by atoms with Crippen LogP contribution in [0.25, 0.3) is 0 Å². The van der Waals surface area contributed by atoms with E-state index in [4.69, 9.17) is 0 Å². The molecule has 1 aliphatic heterocycles. The summed E-state index contributed by atoms with van der Waals surface area (Å²) >= 11 is 0. The number of aromatic nitrogens is 4. The molecule has 0 fully saturated rings. The molecule has 3 aromatic rings. The molecule has 8 nitrogen and oxygen atoms in total. The summed E-state index contributed by atoms with van der Waals surface area (Å²) in [6.45, 7) is 1.29. The molecule has 30 heavy (non-hydrogen) atoms. The topological polar surface area (TPSA) is 102 Å². The van der Waals surface area contributed by atoms with Gasteiger partial charge in [0.25, 0.3) is 10.0 Å². The third-order valence-electron chi connectivity index (χ3n) is 4.78. The van der Waals surface area contributed by atoms with Crippen LogP contribution in [0.15, 0.2) is 41.4 Å². The molecule has 2 aromatic heterocycles. The Morgan fingerprint density at radius 1 is 1.03 bits per heavy atom. The van der Waals surface area contributed by atoms with E-state index >= 15 is 0 Å². The van der Waals surface area contributed by atoms with E-state index in [1.807, 2.05) is 0 Å². The Hall–Kier alpha value is -3.08. The van der Waals surface area contributed by atoms with Crippen molar-refractivity contribution < 1.29 is 17.2 Å². The van der Waals surface area contributed by atoms with E-state index in [1.165, 1.54) is 24.8 Å². The first-order chi connectivity index (χ1) is 14.4. The Balaban J connectivity index is 1.43. The number of nitrogens with one attached hydrogen (secondary N) is 2. The quantitative estimate of drug-likeness (QED) is 0.618. The summed E-state index contributed by atoms with van der Waals surface area (Å²) in [5, 5.41) is 11.6. The molecule has 0 bridgehead atoms. The van der Waals surface area contributed by atoms with E-state index < -0.39 is 21.7 Å². The zero-order valence-electron chi connectivity index (χ0n) is 16.0. The smallest absolute Gasteiger partial charge is 0.263 e. The van der Waals surface area contributed by atoms with E-state index in [9.17, 15) is 17.2 Å². The van der Waals surface area contributed by atoms with E-state index in [0.717, 1.165) is 49.6 Å². The van der Waals surface area contributed by atoms with Gasteiger partial charge in [-0.3, -0.25) is 4.72 Å². The van der Waals surface area contributed by atoms with Crippen LogP contribution in [0, 0.1) is 11.6 Å². The average Bonchev–Trinajstić information content (AvgIpc) is 2.91. The SMILES string of the molecule is O=S(=O)(Nc1cc(F)cc(F)c1)c1ccc(NCc2nnc3n2CCCCC3)nc1. The van der Waals surface area contributed by atoms with Crippen molar-refractivity contribution in [1.82, 2.24) is 19.7 Å². The standard InChI is InChI=1S/C19H20F2N6O2S/c20-13-8-14(21)10-15(9-13)26-30(28,29)16-5-6-17(22-11-16)23-12-19-25-24-18-4-2-1-3-7-27(18)19/h5-6,8-11,26H,1-4,7,12H2,(H,22,23). The molecule has 0 amide bonds. The van der Waals surface area contributed by atoms with E-state index in [-0.39, 0.29) is 10.6 Å². The van der Waals surface area contributed by atoms with Gasteiger partial charge in [-0.15, -0.1) is 10.2 Å². The number of halogens is 2. The molecule has 1 aromatic carbocycles. The zero-order chi connectivity index (χ0) is 21.1. The Bertz CT molecular complexity index is 1130. The maximum atomic E-state index is 13.3. The summed E-state index contributed by atoms with van der Waals surface area (Å²) in [6, 6.07) is 5.32. The second-order valence-corrected chi connectivity index (χ2v) is 8.67. The molecular formula is C19H20F2N6O2S. The van der Waals surface area contributed by atoms with Gasteiger partial charge in [-0.05, 0) is 37.1 Å². The van der Waals surface area contributed by atoms with Crippen LogP contribution in [0.4, 0.5) is 20.3 Å². The molecule has 4 rings (SSSR count). The number of fused-ring (bicyclic) bond motifs is 1. The highest BCUT2D eigenvalue weighted by atomic mass is 32.2. The average molecular weight is 434 g/mol. The van der Waals surface area contributed by atoms with Gasteiger partial charge in [0, 0.05) is 25.2 Å². The monoisotopic (exact) mass is 434 g/mol. The molecule has 11 heteroatoms. The van der Waals surface area contributed by atoms with Crippen LogP contribution in [0.2, 0.25) is 0 Å². The number of sulfonamides is 1. The van der Waals surface area contributed by atoms with Crippen molar-refractivity contribution in [1.29, 1.82) is 0 Å². The number of nitrogens with zero attached hydrogens (tertiary/aromatic N) is 4. The predicted molar refractivity (Wildman–Crippen MR) is 106 cm³/mol. The molecule has 0 radical (unpaired) electrons. The van der Waals surface area contributed by atoms with Crippen molar-refractivity contribution in [3.8, 4) is 0 Å². The highest BCUT2D eigenvalue weighted by Gasteiger charge is 2.17. The molecule has 0 saturated heterocycles. The number of rotatable bonds is 6. The van der Waals surface area contributed by atoms with Crippen LogP contribution in [0.1, 0.15) is 30.9 Å². The lowest BCUT2D eigenvalue weighted by molar-refractivity contribution is 0.584. The molecule has 0 atom stereocenters. The van der Waals surface area contributed by atoms with Gasteiger partial charge in [-0.25, -0.2) is 22.2 Å². The van der Waals surface area contributed by atoms with Crippen LogP contribution >= 0.6 is 0 Å². The largest absolute Gasteiger partial charge is 0.363 e. The number of aryl methyl sites for hydroxylation is 1. The van der Waals surface area contributed by atoms with Gasteiger partial charge in [0.15, 0.2) is 5.82 Å². The maximum Gasteiger partial charge on any atom is 0.263 e. The fraction of sp³-hybridized carbons (Fsp3) is 0.316. The van der Waals surface area contributed by atoms with Crippen LogP contribution < -0.4 is 10.0 Å². The van der Waals surface area contributed by atoms with Gasteiger partial charge in [0.1, 0.15) is 28.2 Å². The molecule has 0 saturated carbocycles. The second-order valence-electron chi connectivity index (χ2n) is 6.99. The lowest BCUT2D eigenvalue weighted by atomic mass is 10.2. The van der Waals surface area contributed by atoms with Crippen LogP contribution in [0.5, 0.6) is 0 Å². The normalized spacial score (nSPS) is 14.1. The van der Waals surface area contributed by atoms with Crippen molar-refractivity contribution >= 4 is 21.5 Å². The molecule has 3 heterocycles. The Kier molecular flexibility index (Phi) is 5.62. The van der Waals surface area contributed by atoms with Crippen LogP contribution in [0.3, 0.4) is 0 Å². The predicted octanol–water partition coefficient (Wildman–Crippen LogP) is 3.09. The minimum Gasteiger partial charge on any atom is -0.363 e. The second kappa shape index (κ2) is 8.34. The molecule has 158 valence electrons. The highest BCUT2D eigenvalue weighted by molar-refractivity contribution is 7.92. The fourth-order valence-electron chi connectivity index (χ4n) is 3.32. The molecular weight excluding hydrogens is 414 g/mol. The third-order valence-corrected chi connectivity index (χ3v) is 6.14. The van der Waals surface area contributed by atoms with Crippen molar-refractivity contribution in [2.75, 3.05) is 10.0 Å². The summed E-state index contributed by atoms with van der Waals surface area (Å²) < 4.78 is 55.7. The van der Waals surface area contributed by atoms with Crippen molar-refractivity contribution in [2.24, 2.45) is 0 Å². The number of pyridine rings is 1. The molecule has 1 aliphatic rings. The van der Waals surface area contributed by atoms with E-state index in [0.29, 0.717) is 18.4 Å². The first kappa shape index (κ1) is 20.2. The van der Waals surface area contributed by atoms with Gasteiger partial charge in [-0.1, -0.05) is 6.42 Å². The van der Waals surface area contributed by atoms with Crippen LogP contribution in [-0.2, 0) is 29.5 Å². The number of hydrogen-bond acceptors (Lipinski definition) is 6. The summed E-state index contributed by atoms with van der Waals surface area (Å²) in [7, 11) is -4.04. The molecule has 2 N–H and O–H groups in total. The van der Waals surface area contributed by atoms with E-state index in [1.54, 1.807) is 0 Å². The summed E-state index contributed by atoms with van der Waals surface area (Å²) in [4.78, 5) is 3.99. The Morgan fingerprint density at radius 3 is 2.57 bits per heavy atom. The number of anilines is 2. The van der Waals surface area contributed by atoms with Crippen molar-refractivity contribution in [3.05, 3.63) is 59.8 Å². The Labute approximate surface area is 172 Å². The number of benzene rings is 1. The minimum absolute atomic E-state index is 0.130. The third kappa shape index (κ3) is 4.56. The van der Waals surface area contributed by atoms with Gasteiger partial charge in [0.05, 0.1) is 12.2 Å². The van der Waals surface area contributed by atoms with Gasteiger partial charge in [0.2, 0.25) is 0 Å². The first-order valence-corrected chi connectivity index (χ1v) is 11.0. The fourth-order valence-corrected chi connectivity index (χ4v) is 4.30. The minimum atomic E-state index is -4.04. The number of hydrogen-bond donors (Lipinski definition) is 2. The van der Waals surface area contributed by atoms with Crippen molar-refractivity contribution in [2.45, 2.75) is 43.7 Å². The molecule has 0 spiro atoms. The van der Waals surface area contributed by atoms with Gasteiger partial charge in [-0.2, -0.15) is 0 Å². The lowest BCUT2D eigenvalue weighted by Crippen LogP contribution is -2.14. The van der Waals surface area contributed by atoms with Gasteiger partial charge >= 0.3 is 0 Å². The van der Waals surface area contributed by atoms with E-state index in [2.05, 4.69) is 29.8 Å². The molecule has 0 unspecified atom stereocenters. The van der Waals surface area contributed by atoms with Gasteiger partial charge < -0.3 is 9.88 Å². The Morgan fingerprint density at radius 2 is 1.83 bits per heavy atom. The zero-order valence-corrected chi connectivity index (χ0v) is 16.8. The van der Waals surface area contributed by atoms with Crippen LogP contribution in [-0.4, -0.2) is 28.2 Å². The summed E-state index contributed by atoms with van der Waals surface area (Å²) in [5.74, 6) is 0.504. The lowest BCUT2D eigenvalue weighted by Gasteiger charge is -2.10. The summed E-state index contributed by atoms with van der Waals surface area (Å²) in [5.41, 5.74) is -0.206. The first-order valence-electron chi connectivity index (χ1n) is 9.50. The highest BCUT2D eigenvalue weighted by Crippen LogP contribution is 2.19. The maximum absolute atomic E-state index is 13.3. The molecule has 0 aliphatic carbocycles. The van der Waals surface area contributed by atoms with Crippen molar-refractivity contribution in [3.63, 3.8) is 0 Å².